The quantitative estimate of drug-likeness (QED) is 0.911. The van der Waals surface area contributed by atoms with Crippen LogP contribution in [-0.2, 0) is 0 Å². The lowest BCUT2D eigenvalue weighted by Crippen LogP contribution is -2.40. The molecule has 6 nitrogen and oxygen atoms in total. The summed E-state index contributed by atoms with van der Waals surface area (Å²) < 4.78 is 5.80. The van der Waals surface area contributed by atoms with Crippen molar-refractivity contribution in [2.75, 3.05) is 18.4 Å². The van der Waals surface area contributed by atoms with Gasteiger partial charge in [0, 0.05) is 24.9 Å². The Kier molecular flexibility index (Phi) is 4.14. The second-order valence-electron chi connectivity index (χ2n) is 6.42. The molecule has 2 aromatic rings. The number of rotatable bonds is 3. The van der Waals surface area contributed by atoms with Crippen LogP contribution in [0.1, 0.15) is 49.3 Å². The van der Waals surface area contributed by atoms with Crippen molar-refractivity contribution in [3.8, 4) is 0 Å². The zero-order chi connectivity index (χ0) is 16.5. The van der Waals surface area contributed by atoms with Crippen LogP contribution in [-0.4, -0.2) is 34.2 Å². The maximum atomic E-state index is 12.4. The highest BCUT2D eigenvalue weighted by Crippen LogP contribution is 2.40. The number of halogens is 1. The van der Waals surface area contributed by atoms with E-state index >= 15 is 0 Å². The third kappa shape index (κ3) is 3.24. The van der Waals surface area contributed by atoms with Gasteiger partial charge in [-0.2, -0.15) is 0 Å². The van der Waals surface area contributed by atoms with Crippen molar-refractivity contribution in [3.63, 3.8) is 0 Å². The monoisotopic (exact) mass is 346 g/mol. The van der Waals surface area contributed by atoms with Crippen LogP contribution in [0.15, 0.2) is 28.7 Å². The van der Waals surface area contributed by atoms with Gasteiger partial charge < -0.3 is 14.6 Å². The molecule has 1 aliphatic carbocycles. The standard InChI is InChI=1S/C17H19ClN4O2/c18-13-3-1-2-4-14(13)19-17(23)22-9-7-12(8-10-22)16-21-20-15(24-16)11-5-6-11/h1-4,11-12H,5-10H2,(H,19,23). The molecule has 1 saturated carbocycles. The molecule has 0 bridgehead atoms. The molecular weight excluding hydrogens is 328 g/mol. The van der Waals surface area contributed by atoms with Crippen molar-refractivity contribution in [2.45, 2.75) is 37.5 Å². The molecule has 0 atom stereocenters. The number of hydrogen-bond donors (Lipinski definition) is 1. The molecular formula is C17H19ClN4O2. The lowest BCUT2D eigenvalue weighted by molar-refractivity contribution is 0.189. The highest BCUT2D eigenvalue weighted by Gasteiger charge is 2.32. The summed E-state index contributed by atoms with van der Waals surface area (Å²) in [4.78, 5) is 14.2. The number of likely N-dealkylation sites (tertiary alicyclic amines) is 1. The van der Waals surface area contributed by atoms with Gasteiger partial charge in [-0.1, -0.05) is 23.7 Å². The Morgan fingerprint density at radius 1 is 1.08 bits per heavy atom. The number of urea groups is 1. The second-order valence-corrected chi connectivity index (χ2v) is 6.83. The van der Waals surface area contributed by atoms with E-state index in [2.05, 4.69) is 15.5 Å². The number of nitrogens with one attached hydrogen (secondary N) is 1. The summed E-state index contributed by atoms with van der Waals surface area (Å²) in [5.41, 5.74) is 0.636. The predicted octanol–water partition coefficient (Wildman–Crippen LogP) is 4.01. The fraction of sp³-hybridized carbons (Fsp3) is 0.471. The van der Waals surface area contributed by atoms with Gasteiger partial charge in [0.1, 0.15) is 0 Å². The van der Waals surface area contributed by atoms with Crippen LogP contribution in [0.2, 0.25) is 5.02 Å². The predicted molar refractivity (Wildman–Crippen MR) is 90.3 cm³/mol. The van der Waals surface area contributed by atoms with E-state index in [0.717, 1.165) is 37.5 Å². The summed E-state index contributed by atoms with van der Waals surface area (Å²) in [7, 11) is 0. The Balaban J connectivity index is 1.33. The second kappa shape index (κ2) is 6.43. The van der Waals surface area contributed by atoms with Gasteiger partial charge in [0.2, 0.25) is 11.8 Å². The molecule has 2 fully saturated rings. The van der Waals surface area contributed by atoms with Crippen molar-refractivity contribution >= 4 is 23.3 Å². The average molecular weight is 347 g/mol. The Morgan fingerprint density at radius 3 is 2.33 bits per heavy atom. The minimum atomic E-state index is -0.120. The zero-order valence-electron chi connectivity index (χ0n) is 13.2. The molecule has 2 heterocycles. The smallest absolute Gasteiger partial charge is 0.321 e. The Morgan fingerprint density at radius 2 is 1.71 bits per heavy atom. The molecule has 4 rings (SSSR count). The highest BCUT2D eigenvalue weighted by molar-refractivity contribution is 6.33. The summed E-state index contributed by atoms with van der Waals surface area (Å²) in [6.07, 6.45) is 3.98. The number of para-hydroxylation sites is 1. The summed E-state index contributed by atoms with van der Waals surface area (Å²) in [5.74, 6) is 2.23. The molecule has 1 aromatic heterocycles. The highest BCUT2D eigenvalue weighted by atomic mass is 35.5. The first-order valence-corrected chi connectivity index (χ1v) is 8.72. The van der Waals surface area contributed by atoms with Crippen molar-refractivity contribution in [1.29, 1.82) is 0 Å². The molecule has 1 N–H and O–H groups in total. The summed E-state index contributed by atoms with van der Waals surface area (Å²) >= 11 is 6.08. The molecule has 0 radical (unpaired) electrons. The third-order valence-electron chi connectivity index (χ3n) is 4.63. The summed E-state index contributed by atoms with van der Waals surface area (Å²) in [5, 5.41) is 11.8. The summed E-state index contributed by atoms with van der Waals surface area (Å²) in [6.45, 7) is 1.34. The van der Waals surface area contributed by atoms with Gasteiger partial charge in [0.05, 0.1) is 10.7 Å². The number of anilines is 1. The van der Waals surface area contributed by atoms with Gasteiger partial charge in [-0.15, -0.1) is 10.2 Å². The van der Waals surface area contributed by atoms with Crippen LogP contribution < -0.4 is 5.32 Å². The first kappa shape index (κ1) is 15.4. The number of amides is 2. The number of carbonyl (C=O) groups excluding carboxylic acids is 1. The van der Waals surface area contributed by atoms with E-state index in [0.29, 0.717) is 29.7 Å². The molecule has 0 spiro atoms. The van der Waals surface area contributed by atoms with Crippen LogP contribution >= 0.6 is 11.6 Å². The van der Waals surface area contributed by atoms with E-state index in [1.54, 1.807) is 17.0 Å². The minimum absolute atomic E-state index is 0.120. The number of carbonyl (C=O) groups is 1. The van der Waals surface area contributed by atoms with Crippen molar-refractivity contribution in [1.82, 2.24) is 15.1 Å². The molecule has 1 aromatic carbocycles. The van der Waals surface area contributed by atoms with Crippen LogP contribution in [0.3, 0.4) is 0 Å². The number of piperidine rings is 1. The van der Waals surface area contributed by atoms with Gasteiger partial charge in [-0.05, 0) is 37.8 Å². The lowest BCUT2D eigenvalue weighted by atomic mass is 9.97. The third-order valence-corrected chi connectivity index (χ3v) is 4.96. The van der Waals surface area contributed by atoms with Crippen molar-refractivity contribution in [2.24, 2.45) is 0 Å². The molecule has 0 unspecified atom stereocenters. The van der Waals surface area contributed by atoms with E-state index in [9.17, 15) is 4.79 Å². The molecule has 1 saturated heterocycles. The first-order valence-electron chi connectivity index (χ1n) is 8.34. The molecule has 24 heavy (non-hydrogen) atoms. The fourth-order valence-corrected chi connectivity index (χ4v) is 3.18. The molecule has 2 aliphatic rings. The van der Waals surface area contributed by atoms with Gasteiger partial charge in [0.25, 0.3) is 0 Å². The lowest BCUT2D eigenvalue weighted by Gasteiger charge is -2.30. The topological polar surface area (TPSA) is 71.3 Å². The van der Waals surface area contributed by atoms with Crippen LogP contribution in [0, 0.1) is 0 Å². The van der Waals surface area contributed by atoms with Crippen molar-refractivity contribution < 1.29 is 9.21 Å². The summed E-state index contributed by atoms with van der Waals surface area (Å²) in [6, 6.07) is 7.12. The molecule has 126 valence electrons. The van der Waals surface area contributed by atoms with Crippen LogP contribution in [0.25, 0.3) is 0 Å². The number of benzene rings is 1. The molecule has 7 heteroatoms. The maximum absolute atomic E-state index is 12.4. The normalized spacial score (nSPS) is 18.6. The van der Waals surface area contributed by atoms with Crippen LogP contribution in [0.4, 0.5) is 10.5 Å². The van der Waals surface area contributed by atoms with E-state index in [-0.39, 0.29) is 11.9 Å². The van der Waals surface area contributed by atoms with Crippen LogP contribution in [0.5, 0.6) is 0 Å². The zero-order valence-corrected chi connectivity index (χ0v) is 14.0. The number of aromatic nitrogens is 2. The Hall–Kier alpha value is -2.08. The van der Waals surface area contributed by atoms with Crippen molar-refractivity contribution in [3.05, 3.63) is 41.1 Å². The Labute approximate surface area is 145 Å². The SMILES string of the molecule is O=C(Nc1ccccc1Cl)N1CCC(c2nnc(C3CC3)o2)CC1. The minimum Gasteiger partial charge on any atom is -0.425 e. The number of hydrogen-bond acceptors (Lipinski definition) is 4. The largest absolute Gasteiger partial charge is 0.425 e. The number of nitrogens with zero attached hydrogens (tertiary/aromatic N) is 3. The van der Waals surface area contributed by atoms with Gasteiger partial charge >= 0.3 is 6.03 Å². The van der Waals surface area contributed by atoms with E-state index in [1.165, 1.54) is 0 Å². The van der Waals surface area contributed by atoms with Gasteiger partial charge in [-0.25, -0.2) is 4.79 Å². The first-order chi connectivity index (χ1) is 11.7. The maximum Gasteiger partial charge on any atom is 0.321 e. The van der Waals surface area contributed by atoms with Gasteiger partial charge in [-0.3, -0.25) is 0 Å². The average Bonchev–Trinajstić information content (AvgIpc) is 3.34. The molecule has 1 aliphatic heterocycles. The molecule has 2 amide bonds. The van der Waals surface area contributed by atoms with E-state index in [4.69, 9.17) is 16.0 Å². The van der Waals surface area contributed by atoms with E-state index in [1.807, 2.05) is 12.1 Å². The fourth-order valence-electron chi connectivity index (χ4n) is 2.99. The Bertz CT molecular complexity index is 736. The van der Waals surface area contributed by atoms with E-state index < -0.39 is 0 Å². The van der Waals surface area contributed by atoms with Gasteiger partial charge in [0.15, 0.2) is 0 Å².